The molecule has 1 aromatic rings. The van der Waals surface area contributed by atoms with Crippen LogP contribution in [-0.2, 0) is 11.2 Å². The molecule has 1 saturated heterocycles. The molecule has 1 aliphatic heterocycles. The molecule has 0 bridgehead atoms. The van der Waals surface area contributed by atoms with E-state index in [1.54, 1.807) is 0 Å². The summed E-state index contributed by atoms with van der Waals surface area (Å²) in [6.45, 7) is 1.37. The third-order valence-electron chi connectivity index (χ3n) is 2.85. The van der Waals surface area contributed by atoms with E-state index in [2.05, 4.69) is 28.1 Å². The molecular weight excluding hydrogens is 256 g/mol. The number of rotatable bonds is 2. The summed E-state index contributed by atoms with van der Waals surface area (Å²) >= 11 is 3.41. The van der Waals surface area contributed by atoms with Gasteiger partial charge in [0.15, 0.2) is 0 Å². The van der Waals surface area contributed by atoms with Gasteiger partial charge in [-0.15, -0.1) is 0 Å². The summed E-state index contributed by atoms with van der Waals surface area (Å²) in [7, 11) is 0. The lowest BCUT2D eigenvalue weighted by Crippen LogP contribution is -2.33. The second kappa shape index (κ2) is 5.10. The van der Waals surface area contributed by atoms with E-state index >= 15 is 0 Å². The predicted octanol–water partition coefficient (Wildman–Crippen LogP) is 2.39. The number of hydrogen-bond acceptors (Lipinski definition) is 2. The Labute approximate surface area is 98.4 Å². The van der Waals surface area contributed by atoms with Crippen molar-refractivity contribution in [1.29, 1.82) is 0 Å². The van der Waals surface area contributed by atoms with Crippen molar-refractivity contribution in [1.82, 2.24) is 0 Å². The third kappa shape index (κ3) is 3.03. The first-order chi connectivity index (χ1) is 7.25. The van der Waals surface area contributed by atoms with Crippen LogP contribution < -0.4 is 0 Å². The fourth-order valence-corrected chi connectivity index (χ4v) is 2.17. The summed E-state index contributed by atoms with van der Waals surface area (Å²) in [5.74, 6) is 0.250. The van der Waals surface area contributed by atoms with Crippen LogP contribution in [0.5, 0.6) is 0 Å². The standard InChI is InChI=1S/C12H15BrO2/c13-11-3-1-9(2-4-11)7-10-8-15-6-5-12(10)14/h1-4,10,12,14H,5-8H2/t10-,12-/m1/s1. The predicted molar refractivity (Wildman–Crippen MR) is 62.8 cm³/mol. The van der Waals surface area contributed by atoms with Crippen molar-refractivity contribution in [3.63, 3.8) is 0 Å². The summed E-state index contributed by atoms with van der Waals surface area (Å²) in [5.41, 5.74) is 1.26. The van der Waals surface area contributed by atoms with Gasteiger partial charge in [0.1, 0.15) is 0 Å². The Morgan fingerprint density at radius 3 is 2.73 bits per heavy atom. The molecule has 1 fully saturated rings. The van der Waals surface area contributed by atoms with Crippen molar-refractivity contribution in [2.45, 2.75) is 18.9 Å². The lowest BCUT2D eigenvalue weighted by atomic mass is 9.92. The molecule has 15 heavy (non-hydrogen) atoms. The number of ether oxygens (including phenoxy) is 1. The molecule has 0 aliphatic carbocycles. The lowest BCUT2D eigenvalue weighted by molar-refractivity contribution is -0.0350. The zero-order valence-electron chi connectivity index (χ0n) is 8.53. The summed E-state index contributed by atoms with van der Waals surface area (Å²) in [4.78, 5) is 0. The maximum atomic E-state index is 9.80. The van der Waals surface area contributed by atoms with Crippen LogP contribution in [0.4, 0.5) is 0 Å². The fourth-order valence-electron chi connectivity index (χ4n) is 1.90. The number of aliphatic hydroxyl groups excluding tert-OH is 1. The topological polar surface area (TPSA) is 29.5 Å². The molecule has 0 spiro atoms. The molecule has 1 aliphatic rings. The molecule has 0 aromatic heterocycles. The van der Waals surface area contributed by atoms with Crippen molar-refractivity contribution < 1.29 is 9.84 Å². The Hall–Kier alpha value is -0.380. The zero-order valence-corrected chi connectivity index (χ0v) is 10.1. The Morgan fingerprint density at radius 2 is 2.07 bits per heavy atom. The van der Waals surface area contributed by atoms with Gasteiger partial charge in [-0.1, -0.05) is 28.1 Å². The molecule has 0 amide bonds. The fraction of sp³-hybridized carbons (Fsp3) is 0.500. The van der Waals surface area contributed by atoms with Gasteiger partial charge in [0, 0.05) is 17.0 Å². The monoisotopic (exact) mass is 270 g/mol. The first-order valence-corrected chi connectivity index (χ1v) is 6.05. The van der Waals surface area contributed by atoms with E-state index in [1.165, 1.54) is 5.56 Å². The van der Waals surface area contributed by atoms with E-state index in [-0.39, 0.29) is 12.0 Å². The highest BCUT2D eigenvalue weighted by Gasteiger charge is 2.23. The molecule has 2 nitrogen and oxygen atoms in total. The summed E-state index contributed by atoms with van der Waals surface area (Å²) in [5, 5.41) is 9.80. The number of hydrogen-bond donors (Lipinski definition) is 1. The molecule has 0 saturated carbocycles. The van der Waals surface area contributed by atoms with E-state index in [4.69, 9.17) is 4.74 Å². The van der Waals surface area contributed by atoms with Gasteiger partial charge >= 0.3 is 0 Å². The molecule has 1 N–H and O–H groups in total. The van der Waals surface area contributed by atoms with Crippen LogP contribution in [0.2, 0.25) is 0 Å². The lowest BCUT2D eigenvalue weighted by Gasteiger charge is -2.27. The Kier molecular flexibility index (Phi) is 3.78. The van der Waals surface area contributed by atoms with Gasteiger partial charge in [0.25, 0.3) is 0 Å². The van der Waals surface area contributed by atoms with Gasteiger partial charge < -0.3 is 9.84 Å². The summed E-state index contributed by atoms with van der Waals surface area (Å²) in [6.07, 6.45) is 1.46. The normalized spacial score (nSPS) is 26.5. The summed E-state index contributed by atoms with van der Waals surface area (Å²) in [6, 6.07) is 8.24. The minimum atomic E-state index is -0.206. The SMILES string of the molecule is O[C@@H]1CCOC[C@H]1Cc1ccc(Br)cc1. The van der Waals surface area contributed by atoms with Gasteiger partial charge in [-0.3, -0.25) is 0 Å². The Bertz CT molecular complexity index is 310. The number of halogens is 1. The van der Waals surface area contributed by atoms with E-state index in [1.807, 2.05) is 12.1 Å². The molecule has 2 rings (SSSR count). The second-order valence-electron chi connectivity index (χ2n) is 4.02. The molecule has 0 radical (unpaired) electrons. The molecule has 2 atom stereocenters. The number of aliphatic hydroxyl groups is 1. The van der Waals surface area contributed by atoms with Crippen molar-refractivity contribution in [2.75, 3.05) is 13.2 Å². The van der Waals surface area contributed by atoms with Gasteiger partial charge in [-0.25, -0.2) is 0 Å². The summed E-state index contributed by atoms with van der Waals surface area (Å²) < 4.78 is 6.47. The number of benzene rings is 1. The average molecular weight is 271 g/mol. The van der Waals surface area contributed by atoms with Gasteiger partial charge in [0.2, 0.25) is 0 Å². The van der Waals surface area contributed by atoms with Gasteiger partial charge in [0.05, 0.1) is 12.7 Å². The Morgan fingerprint density at radius 1 is 1.33 bits per heavy atom. The highest BCUT2D eigenvalue weighted by Crippen LogP contribution is 2.20. The Balaban J connectivity index is 1.98. The molecular formula is C12H15BrO2. The second-order valence-corrected chi connectivity index (χ2v) is 4.94. The van der Waals surface area contributed by atoms with Crippen molar-refractivity contribution >= 4 is 15.9 Å². The first-order valence-electron chi connectivity index (χ1n) is 5.26. The van der Waals surface area contributed by atoms with Crippen LogP contribution in [0, 0.1) is 5.92 Å². The highest BCUT2D eigenvalue weighted by atomic mass is 79.9. The maximum Gasteiger partial charge on any atom is 0.0615 e. The molecule has 1 heterocycles. The molecule has 82 valence electrons. The van der Waals surface area contributed by atoms with E-state index in [9.17, 15) is 5.11 Å². The van der Waals surface area contributed by atoms with Crippen LogP contribution in [-0.4, -0.2) is 24.4 Å². The highest BCUT2D eigenvalue weighted by molar-refractivity contribution is 9.10. The zero-order chi connectivity index (χ0) is 10.7. The minimum absolute atomic E-state index is 0.206. The van der Waals surface area contributed by atoms with Crippen LogP contribution in [0.15, 0.2) is 28.7 Å². The average Bonchev–Trinajstić information content (AvgIpc) is 2.25. The maximum absolute atomic E-state index is 9.80. The van der Waals surface area contributed by atoms with Crippen LogP contribution in [0.25, 0.3) is 0 Å². The van der Waals surface area contributed by atoms with Crippen LogP contribution >= 0.6 is 15.9 Å². The minimum Gasteiger partial charge on any atom is -0.393 e. The van der Waals surface area contributed by atoms with Gasteiger partial charge in [-0.05, 0) is 30.5 Å². The van der Waals surface area contributed by atoms with Crippen LogP contribution in [0.3, 0.4) is 0 Å². The quantitative estimate of drug-likeness (QED) is 0.895. The van der Waals surface area contributed by atoms with E-state index in [0.29, 0.717) is 13.2 Å². The van der Waals surface area contributed by atoms with Crippen molar-refractivity contribution in [2.24, 2.45) is 5.92 Å². The van der Waals surface area contributed by atoms with Crippen molar-refractivity contribution in [3.8, 4) is 0 Å². The van der Waals surface area contributed by atoms with E-state index in [0.717, 1.165) is 17.3 Å². The van der Waals surface area contributed by atoms with Crippen LogP contribution in [0.1, 0.15) is 12.0 Å². The molecule has 0 unspecified atom stereocenters. The smallest absolute Gasteiger partial charge is 0.0615 e. The largest absolute Gasteiger partial charge is 0.393 e. The third-order valence-corrected chi connectivity index (χ3v) is 3.37. The van der Waals surface area contributed by atoms with E-state index < -0.39 is 0 Å². The molecule has 3 heteroatoms. The van der Waals surface area contributed by atoms with Crippen molar-refractivity contribution in [3.05, 3.63) is 34.3 Å². The van der Waals surface area contributed by atoms with Gasteiger partial charge in [-0.2, -0.15) is 0 Å². The first kappa shape index (κ1) is 11.1. The molecule has 1 aromatic carbocycles.